The van der Waals surface area contributed by atoms with Crippen LogP contribution in [0.25, 0.3) is 11.0 Å². The lowest BCUT2D eigenvalue weighted by Gasteiger charge is -2.19. The van der Waals surface area contributed by atoms with E-state index in [1.807, 2.05) is 43.3 Å². The molecule has 1 aromatic heterocycles. The standard InChI is InChI=1S/C20H19ClN4O/c1-13-8-9-15(14(21)12-13)24-20(26)18-19(25-10-4-5-11-25)23-17-7-3-2-6-16(17)22-18/h2-3,6-9,12H,4-5,10-11H2,1H3,(H,24,26). The summed E-state index contributed by atoms with van der Waals surface area (Å²) < 4.78 is 0. The van der Waals surface area contributed by atoms with E-state index in [0.717, 1.165) is 37.0 Å². The third-order valence-electron chi connectivity index (χ3n) is 4.55. The maximum Gasteiger partial charge on any atom is 0.278 e. The highest BCUT2D eigenvalue weighted by Crippen LogP contribution is 2.27. The molecule has 1 aliphatic rings. The number of nitrogens with zero attached hydrogens (tertiary/aromatic N) is 3. The van der Waals surface area contributed by atoms with E-state index in [9.17, 15) is 4.79 Å². The second kappa shape index (κ2) is 6.92. The van der Waals surface area contributed by atoms with Crippen LogP contribution in [0.1, 0.15) is 28.9 Å². The molecule has 1 amide bonds. The zero-order chi connectivity index (χ0) is 18.1. The van der Waals surface area contributed by atoms with Gasteiger partial charge in [-0.1, -0.05) is 29.8 Å². The molecule has 0 saturated carbocycles. The van der Waals surface area contributed by atoms with Crippen molar-refractivity contribution in [3.63, 3.8) is 0 Å². The molecule has 1 fully saturated rings. The van der Waals surface area contributed by atoms with Crippen molar-refractivity contribution in [3.05, 3.63) is 58.7 Å². The highest BCUT2D eigenvalue weighted by Gasteiger charge is 2.24. The summed E-state index contributed by atoms with van der Waals surface area (Å²) in [5, 5.41) is 3.39. The first-order valence-corrected chi connectivity index (χ1v) is 9.09. The second-order valence-corrected chi connectivity index (χ2v) is 6.92. The van der Waals surface area contributed by atoms with Crippen molar-refractivity contribution in [3.8, 4) is 0 Å². The topological polar surface area (TPSA) is 58.1 Å². The minimum Gasteiger partial charge on any atom is -0.355 e. The third-order valence-corrected chi connectivity index (χ3v) is 4.86. The van der Waals surface area contributed by atoms with Crippen LogP contribution in [-0.2, 0) is 0 Å². The molecule has 6 heteroatoms. The quantitative estimate of drug-likeness (QED) is 0.744. The molecule has 1 N–H and O–H groups in total. The predicted molar refractivity (Wildman–Crippen MR) is 105 cm³/mol. The predicted octanol–water partition coefficient (Wildman–Crippen LogP) is 4.44. The highest BCUT2D eigenvalue weighted by molar-refractivity contribution is 6.34. The fraction of sp³-hybridized carbons (Fsp3) is 0.250. The number of aromatic nitrogens is 2. The van der Waals surface area contributed by atoms with Crippen molar-refractivity contribution in [2.24, 2.45) is 0 Å². The van der Waals surface area contributed by atoms with Gasteiger partial charge in [0, 0.05) is 13.1 Å². The first-order valence-electron chi connectivity index (χ1n) is 8.71. The minimum absolute atomic E-state index is 0.295. The van der Waals surface area contributed by atoms with Gasteiger partial charge in [-0.25, -0.2) is 9.97 Å². The Bertz CT molecular complexity index is 983. The molecule has 132 valence electrons. The number of carbonyl (C=O) groups excluding carboxylic acids is 1. The van der Waals surface area contributed by atoms with Crippen LogP contribution in [0, 0.1) is 6.92 Å². The van der Waals surface area contributed by atoms with Gasteiger partial charge in [-0.2, -0.15) is 0 Å². The molecular weight excluding hydrogens is 348 g/mol. The van der Waals surface area contributed by atoms with Crippen molar-refractivity contribution < 1.29 is 4.79 Å². The summed E-state index contributed by atoms with van der Waals surface area (Å²) in [6.45, 7) is 3.73. The first kappa shape index (κ1) is 16.8. The van der Waals surface area contributed by atoms with E-state index in [2.05, 4.69) is 15.2 Å². The monoisotopic (exact) mass is 366 g/mol. The number of para-hydroxylation sites is 2. The van der Waals surface area contributed by atoms with E-state index in [4.69, 9.17) is 16.6 Å². The fourth-order valence-corrected chi connectivity index (χ4v) is 3.48. The summed E-state index contributed by atoms with van der Waals surface area (Å²) in [5.41, 5.74) is 3.44. The average molecular weight is 367 g/mol. The smallest absolute Gasteiger partial charge is 0.278 e. The molecule has 2 aromatic carbocycles. The van der Waals surface area contributed by atoms with Crippen molar-refractivity contribution >= 4 is 40.0 Å². The first-order chi connectivity index (χ1) is 12.6. The number of carbonyl (C=O) groups is 1. The molecule has 0 unspecified atom stereocenters. The molecule has 0 spiro atoms. The molecule has 0 atom stereocenters. The zero-order valence-corrected chi connectivity index (χ0v) is 15.3. The SMILES string of the molecule is Cc1ccc(NC(=O)c2nc3ccccc3nc2N2CCCC2)c(Cl)c1. The van der Waals surface area contributed by atoms with Crippen LogP contribution in [0.4, 0.5) is 11.5 Å². The van der Waals surface area contributed by atoms with E-state index >= 15 is 0 Å². The lowest BCUT2D eigenvalue weighted by Crippen LogP contribution is -2.25. The number of nitrogens with one attached hydrogen (secondary N) is 1. The maximum absolute atomic E-state index is 13.0. The van der Waals surface area contributed by atoms with Gasteiger partial charge in [0.15, 0.2) is 11.5 Å². The number of rotatable bonds is 3. The molecule has 2 heterocycles. The molecule has 4 rings (SSSR count). The molecular formula is C20H19ClN4O. The van der Waals surface area contributed by atoms with Crippen molar-refractivity contribution in [2.45, 2.75) is 19.8 Å². The normalized spacial score (nSPS) is 14.0. The van der Waals surface area contributed by atoms with Crippen LogP contribution in [0.2, 0.25) is 5.02 Å². The number of hydrogen-bond acceptors (Lipinski definition) is 4. The van der Waals surface area contributed by atoms with Crippen molar-refractivity contribution in [1.29, 1.82) is 0 Å². The number of halogens is 1. The lowest BCUT2D eigenvalue weighted by atomic mass is 10.2. The van der Waals surface area contributed by atoms with Gasteiger partial charge in [0.05, 0.1) is 21.7 Å². The summed E-state index contributed by atoms with van der Waals surface area (Å²) in [6, 6.07) is 13.1. The van der Waals surface area contributed by atoms with Crippen LogP contribution in [-0.4, -0.2) is 29.0 Å². The molecule has 0 bridgehead atoms. The molecule has 1 saturated heterocycles. The summed E-state index contributed by atoms with van der Waals surface area (Å²) in [6.07, 6.45) is 2.19. The van der Waals surface area contributed by atoms with E-state index < -0.39 is 0 Å². The van der Waals surface area contributed by atoms with Crippen molar-refractivity contribution in [1.82, 2.24) is 9.97 Å². The van der Waals surface area contributed by atoms with Gasteiger partial charge in [0.25, 0.3) is 5.91 Å². The number of anilines is 2. The Morgan fingerprint density at radius 3 is 2.46 bits per heavy atom. The second-order valence-electron chi connectivity index (χ2n) is 6.52. The van der Waals surface area contributed by atoms with Gasteiger partial charge in [0.2, 0.25) is 0 Å². The van der Waals surface area contributed by atoms with Gasteiger partial charge >= 0.3 is 0 Å². The number of benzene rings is 2. The van der Waals surface area contributed by atoms with Crippen LogP contribution < -0.4 is 10.2 Å². The summed E-state index contributed by atoms with van der Waals surface area (Å²) in [7, 11) is 0. The lowest BCUT2D eigenvalue weighted by molar-refractivity contribution is 0.102. The number of amides is 1. The Balaban J connectivity index is 1.75. The fourth-order valence-electron chi connectivity index (χ4n) is 3.20. The van der Waals surface area contributed by atoms with Gasteiger partial charge in [-0.05, 0) is 49.6 Å². The van der Waals surface area contributed by atoms with Crippen LogP contribution in [0.15, 0.2) is 42.5 Å². The largest absolute Gasteiger partial charge is 0.355 e. The highest BCUT2D eigenvalue weighted by atomic mass is 35.5. The average Bonchev–Trinajstić information content (AvgIpc) is 3.17. The van der Waals surface area contributed by atoms with E-state index in [0.29, 0.717) is 27.7 Å². The Hall–Kier alpha value is -2.66. The molecule has 1 aliphatic heterocycles. The summed E-state index contributed by atoms with van der Waals surface area (Å²) >= 11 is 6.26. The number of hydrogen-bond donors (Lipinski definition) is 1. The Labute approximate surface area is 157 Å². The van der Waals surface area contributed by atoms with E-state index in [1.54, 1.807) is 6.07 Å². The van der Waals surface area contributed by atoms with Crippen LogP contribution in [0.5, 0.6) is 0 Å². The molecule has 3 aromatic rings. The van der Waals surface area contributed by atoms with Gasteiger partial charge < -0.3 is 10.2 Å². The van der Waals surface area contributed by atoms with E-state index in [-0.39, 0.29) is 5.91 Å². The third kappa shape index (κ3) is 3.22. The van der Waals surface area contributed by atoms with E-state index in [1.165, 1.54) is 0 Å². The number of fused-ring (bicyclic) bond motifs is 1. The molecule has 0 aliphatic carbocycles. The van der Waals surface area contributed by atoms with Crippen LogP contribution in [0.3, 0.4) is 0 Å². The van der Waals surface area contributed by atoms with Crippen LogP contribution >= 0.6 is 11.6 Å². The Morgan fingerprint density at radius 2 is 1.77 bits per heavy atom. The van der Waals surface area contributed by atoms with Gasteiger partial charge in [-0.15, -0.1) is 0 Å². The van der Waals surface area contributed by atoms with Gasteiger partial charge in [-0.3, -0.25) is 4.79 Å². The molecule has 0 radical (unpaired) electrons. The summed E-state index contributed by atoms with van der Waals surface area (Å²) in [4.78, 5) is 24.4. The molecule has 26 heavy (non-hydrogen) atoms. The summed E-state index contributed by atoms with van der Waals surface area (Å²) in [5.74, 6) is 0.345. The zero-order valence-electron chi connectivity index (χ0n) is 14.5. The maximum atomic E-state index is 13.0. The number of aryl methyl sites for hydroxylation is 1. The minimum atomic E-state index is -0.295. The van der Waals surface area contributed by atoms with Gasteiger partial charge in [0.1, 0.15) is 0 Å². The Morgan fingerprint density at radius 1 is 1.08 bits per heavy atom. The molecule has 5 nitrogen and oxygen atoms in total. The Kier molecular flexibility index (Phi) is 4.47. The van der Waals surface area contributed by atoms with Crippen molar-refractivity contribution in [2.75, 3.05) is 23.3 Å².